The number of likely N-dealkylation sites (tertiary alicyclic amines) is 2. The maximum atomic E-state index is 12.3. The Balaban J connectivity index is 1.55. The number of rotatable bonds is 2. The van der Waals surface area contributed by atoms with E-state index in [2.05, 4.69) is 5.32 Å². The summed E-state index contributed by atoms with van der Waals surface area (Å²) in [5, 5.41) is 3.45. The first-order valence-electron chi connectivity index (χ1n) is 7.45. The Kier molecular flexibility index (Phi) is 3.48. The Morgan fingerprint density at radius 1 is 1.26 bits per heavy atom. The van der Waals surface area contributed by atoms with Gasteiger partial charge >= 0.3 is 0 Å². The Morgan fingerprint density at radius 2 is 2.16 bits per heavy atom. The zero-order chi connectivity index (χ0) is 13.3. The molecular weight excluding hydrogens is 242 g/mol. The highest BCUT2D eigenvalue weighted by molar-refractivity contribution is 5.86. The minimum absolute atomic E-state index is 0.137. The molecule has 5 heteroatoms. The van der Waals surface area contributed by atoms with Gasteiger partial charge in [-0.15, -0.1) is 0 Å². The normalized spacial score (nSPS) is 31.5. The quantitative estimate of drug-likeness (QED) is 0.776. The minimum atomic E-state index is 0.137. The van der Waals surface area contributed by atoms with Crippen LogP contribution in [0.15, 0.2) is 0 Å². The monoisotopic (exact) mass is 265 g/mol. The zero-order valence-corrected chi connectivity index (χ0v) is 11.5. The van der Waals surface area contributed by atoms with Crippen LogP contribution in [0.25, 0.3) is 0 Å². The van der Waals surface area contributed by atoms with E-state index in [4.69, 9.17) is 0 Å². The first-order chi connectivity index (χ1) is 9.19. The second-order valence-electron chi connectivity index (χ2n) is 6.26. The van der Waals surface area contributed by atoms with Gasteiger partial charge in [-0.1, -0.05) is 0 Å². The molecule has 5 nitrogen and oxygen atoms in total. The molecular formula is C14H23N3O2. The third-order valence-electron chi connectivity index (χ3n) is 4.85. The standard InChI is InChI=1S/C14H23N3O2/c18-12-3-1-7-16(12)9-13(19)17-8-5-14(11-17)4-2-6-15-10-14/h15H,1-11H2/t14-/m1/s1. The summed E-state index contributed by atoms with van der Waals surface area (Å²) in [6.45, 7) is 4.94. The van der Waals surface area contributed by atoms with Crippen LogP contribution in [-0.4, -0.2) is 60.9 Å². The van der Waals surface area contributed by atoms with Crippen LogP contribution in [0.4, 0.5) is 0 Å². The SMILES string of the molecule is O=C1CCCN1CC(=O)N1CC[C@@]2(CCCNC2)C1. The van der Waals surface area contributed by atoms with E-state index >= 15 is 0 Å². The van der Waals surface area contributed by atoms with Crippen molar-refractivity contribution in [2.45, 2.75) is 32.1 Å². The van der Waals surface area contributed by atoms with Crippen molar-refractivity contribution in [1.29, 1.82) is 0 Å². The second kappa shape index (κ2) is 5.12. The highest BCUT2D eigenvalue weighted by Gasteiger charge is 2.41. The van der Waals surface area contributed by atoms with Crippen LogP contribution in [0.2, 0.25) is 0 Å². The lowest BCUT2D eigenvalue weighted by Crippen LogP contribution is -2.44. The molecule has 3 fully saturated rings. The summed E-state index contributed by atoms with van der Waals surface area (Å²) in [4.78, 5) is 27.5. The number of amides is 2. The second-order valence-corrected chi connectivity index (χ2v) is 6.26. The lowest BCUT2D eigenvalue weighted by atomic mass is 9.80. The van der Waals surface area contributed by atoms with Crippen LogP contribution >= 0.6 is 0 Å². The molecule has 1 spiro atoms. The maximum absolute atomic E-state index is 12.3. The molecule has 1 N–H and O–H groups in total. The highest BCUT2D eigenvalue weighted by Crippen LogP contribution is 2.36. The van der Waals surface area contributed by atoms with Gasteiger partial charge in [-0.2, -0.15) is 0 Å². The number of nitrogens with zero attached hydrogens (tertiary/aromatic N) is 2. The molecule has 3 heterocycles. The van der Waals surface area contributed by atoms with E-state index in [9.17, 15) is 9.59 Å². The molecule has 3 saturated heterocycles. The van der Waals surface area contributed by atoms with Crippen LogP contribution in [0.3, 0.4) is 0 Å². The van der Waals surface area contributed by atoms with Crippen LogP contribution in [0, 0.1) is 5.41 Å². The third-order valence-corrected chi connectivity index (χ3v) is 4.85. The summed E-state index contributed by atoms with van der Waals surface area (Å²) >= 11 is 0. The van der Waals surface area contributed by atoms with Gasteiger partial charge in [-0.05, 0) is 32.2 Å². The minimum Gasteiger partial charge on any atom is -0.341 e. The fourth-order valence-electron chi connectivity index (χ4n) is 3.66. The van der Waals surface area contributed by atoms with E-state index in [0.29, 0.717) is 18.4 Å². The summed E-state index contributed by atoms with van der Waals surface area (Å²) in [6.07, 6.45) is 5.07. The van der Waals surface area contributed by atoms with Crippen molar-refractivity contribution in [1.82, 2.24) is 15.1 Å². The average Bonchev–Trinajstić information content (AvgIpc) is 2.99. The number of piperidine rings is 1. The lowest BCUT2D eigenvalue weighted by Gasteiger charge is -2.34. The number of hydrogen-bond acceptors (Lipinski definition) is 3. The Hall–Kier alpha value is -1.10. The predicted molar refractivity (Wildman–Crippen MR) is 71.5 cm³/mol. The van der Waals surface area contributed by atoms with Gasteiger partial charge in [-0.25, -0.2) is 0 Å². The number of carbonyl (C=O) groups excluding carboxylic acids is 2. The van der Waals surface area contributed by atoms with Gasteiger partial charge < -0.3 is 15.1 Å². The van der Waals surface area contributed by atoms with E-state index in [1.54, 1.807) is 4.90 Å². The third kappa shape index (κ3) is 2.61. The van der Waals surface area contributed by atoms with E-state index in [-0.39, 0.29) is 11.8 Å². The van der Waals surface area contributed by atoms with Gasteiger partial charge in [0.15, 0.2) is 0 Å². The Morgan fingerprint density at radius 3 is 2.84 bits per heavy atom. The first kappa shape index (κ1) is 12.9. The maximum Gasteiger partial charge on any atom is 0.242 e. The van der Waals surface area contributed by atoms with Crippen LogP contribution < -0.4 is 5.32 Å². The molecule has 0 aromatic rings. The summed E-state index contributed by atoms with van der Waals surface area (Å²) < 4.78 is 0. The number of nitrogens with one attached hydrogen (secondary N) is 1. The van der Waals surface area contributed by atoms with Crippen LogP contribution in [0.5, 0.6) is 0 Å². The first-order valence-corrected chi connectivity index (χ1v) is 7.45. The van der Waals surface area contributed by atoms with Crippen LogP contribution in [0.1, 0.15) is 32.1 Å². The molecule has 106 valence electrons. The van der Waals surface area contributed by atoms with Gasteiger partial charge in [-0.3, -0.25) is 9.59 Å². The van der Waals surface area contributed by atoms with Crippen molar-refractivity contribution < 1.29 is 9.59 Å². The Bertz CT molecular complexity index is 377. The predicted octanol–water partition coefficient (Wildman–Crippen LogP) is 0.211. The van der Waals surface area contributed by atoms with Crippen LogP contribution in [-0.2, 0) is 9.59 Å². The molecule has 0 unspecified atom stereocenters. The summed E-state index contributed by atoms with van der Waals surface area (Å²) in [7, 11) is 0. The zero-order valence-electron chi connectivity index (χ0n) is 11.5. The van der Waals surface area contributed by atoms with E-state index in [1.165, 1.54) is 12.8 Å². The molecule has 19 heavy (non-hydrogen) atoms. The van der Waals surface area contributed by atoms with Crippen molar-refractivity contribution in [3.63, 3.8) is 0 Å². The Labute approximate surface area is 114 Å². The number of carbonyl (C=O) groups is 2. The molecule has 1 atom stereocenters. The molecule has 0 aromatic heterocycles. The fourth-order valence-corrected chi connectivity index (χ4v) is 3.66. The van der Waals surface area contributed by atoms with Gasteiger partial charge in [0, 0.05) is 38.0 Å². The largest absolute Gasteiger partial charge is 0.341 e. The molecule has 0 aliphatic carbocycles. The molecule has 3 aliphatic rings. The van der Waals surface area contributed by atoms with E-state index in [0.717, 1.165) is 45.6 Å². The smallest absolute Gasteiger partial charge is 0.242 e. The molecule has 0 aromatic carbocycles. The lowest BCUT2D eigenvalue weighted by molar-refractivity contribution is -0.138. The van der Waals surface area contributed by atoms with Crippen molar-refractivity contribution in [3.8, 4) is 0 Å². The average molecular weight is 265 g/mol. The molecule has 0 saturated carbocycles. The number of hydrogen-bond donors (Lipinski definition) is 1. The van der Waals surface area contributed by atoms with Gasteiger partial charge in [0.05, 0.1) is 6.54 Å². The van der Waals surface area contributed by atoms with Crippen molar-refractivity contribution in [3.05, 3.63) is 0 Å². The van der Waals surface area contributed by atoms with Gasteiger partial charge in [0.1, 0.15) is 0 Å². The molecule has 3 aliphatic heterocycles. The van der Waals surface area contributed by atoms with Gasteiger partial charge in [0.2, 0.25) is 11.8 Å². The summed E-state index contributed by atoms with van der Waals surface area (Å²) in [5.41, 5.74) is 0.308. The molecule has 0 radical (unpaired) electrons. The fraction of sp³-hybridized carbons (Fsp3) is 0.857. The summed E-state index contributed by atoms with van der Waals surface area (Å²) in [6, 6.07) is 0. The molecule has 0 bridgehead atoms. The van der Waals surface area contributed by atoms with E-state index in [1.807, 2.05) is 4.90 Å². The van der Waals surface area contributed by atoms with E-state index < -0.39 is 0 Å². The van der Waals surface area contributed by atoms with Crippen molar-refractivity contribution in [2.24, 2.45) is 5.41 Å². The summed E-state index contributed by atoms with van der Waals surface area (Å²) in [5.74, 6) is 0.277. The molecule has 3 rings (SSSR count). The van der Waals surface area contributed by atoms with Crippen molar-refractivity contribution in [2.75, 3.05) is 39.3 Å². The molecule has 2 amide bonds. The topological polar surface area (TPSA) is 52.7 Å². The van der Waals surface area contributed by atoms with Crippen molar-refractivity contribution >= 4 is 11.8 Å². The highest BCUT2D eigenvalue weighted by atomic mass is 16.2. The van der Waals surface area contributed by atoms with Gasteiger partial charge in [0.25, 0.3) is 0 Å².